The molecule has 1 aliphatic carbocycles. The number of rotatable bonds is 1. The Balaban J connectivity index is 2.53. The third-order valence-electron chi connectivity index (χ3n) is 2.60. The van der Waals surface area contributed by atoms with Gasteiger partial charge in [0.15, 0.2) is 0 Å². The number of hydrogen-bond acceptors (Lipinski definition) is 1. The second-order valence-electron chi connectivity index (χ2n) is 3.48. The first-order valence-electron chi connectivity index (χ1n) is 4.55. The van der Waals surface area contributed by atoms with Crippen molar-refractivity contribution < 1.29 is 4.79 Å². The first-order chi connectivity index (χ1) is 6.31. The van der Waals surface area contributed by atoms with E-state index in [0.717, 1.165) is 24.7 Å². The van der Waals surface area contributed by atoms with Crippen LogP contribution in [0, 0.1) is 6.92 Å². The molecule has 0 bridgehead atoms. The highest BCUT2D eigenvalue weighted by Gasteiger charge is 2.10. The minimum Gasteiger partial charge on any atom is -0.298 e. The van der Waals surface area contributed by atoms with Crippen LogP contribution in [-0.2, 0) is 11.2 Å². The average Bonchev–Trinajstić information content (AvgIpc) is 2.18. The highest BCUT2D eigenvalue weighted by Crippen LogP contribution is 2.25. The fourth-order valence-corrected chi connectivity index (χ4v) is 1.84. The Labute approximate surface area is 78.1 Å². The molecule has 0 fully saturated rings. The van der Waals surface area contributed by atoms with Crippen LogP contribution in [0.1, 0.15) is 23.1 Å². The number of hydrogen-bond donors (Lipinski definition) is 0. The van der Waals surface area contributed by atoms with E-state index in [9.17, 15) is 4.79 Å². The molecule has 0 N–H and O–H groups in total. The molecule has 0 atom stereocenters. The molecule has 0 radical (unpaired) electrons. The second kappa shape index (κ2) is 3.17. The third-order valence-corrected chi connectivity index (χ3v) is 2.60. The lowest BCUT2D eigenvalue weighted by Crippen LogP contribution is -2.01. The number of allylic oxidation sites excluding steroid dienone is 1. The molecular formula is C12H12O. The van der Waals surface area contributed by atoms with Gasteiger partial charge in [-0.15, -0.1) is 0 Å². The van der Waals surface area contributed by atoms with Crippen molar-refractivity contribution in [3.63, 3.8) is 0 Å². The van der Waals surface area contributed by atoms with E-state index in [-0.39, 0.29) is 0 Å². The van der Waals surface area contributed by atoms with E-state index < -0.39 is 0 Å². The van der Waals surface area contributed by atoms with Crippen molar-refractivity contribution in [1.29, 1.82) is 0 Å². The summed E-state index contributed by atoms with van der Waals surface area (Å²) in [5.41, 5.74) is 4.86. The summed E-state index contributed by atoms with van der Waals surface area (Å²) in [5, 5.41) is 0. The largest absolute Gasteiger partial charge is 0.298 e. The molecule has 0 aliphatic heterocycles. The van der Waals surface area contributed by atoms with Gasteiger partial charge in [0.05, 0.1) is 0 Å². The van der Waals surface area contributed by atoms with Gasteiger partial charge in [-0.25, -0.2) is 0 Å². The molecule has 0 aromatic heterocycles. The number of benzene rings is 1. The SMILES string of the molecule is Cc1cccc2c1CCC(C=O)=C2. The third kappa shape index (κ3) is 1.42. The molecule has 1 aromatic carbocycles. The van der Waals surface area contributed by atoms with Crippen molar-refractivity contribution in [1.82, 2.24) is 0 Å². The van der Waals surface area contributed by atoms with Gasteiger partial charge < -0.3 is 0 Å². The molecule has 2 rings (SSSR count). The molecule has 1 aliphatic rings. The Morgan fingerprint density at radius 1 is 1.31 bits per heavy atom. The molecular weight excluding hydrogens is 160 g/mol. The van der Waals surface area contributed by atoms with Gasteiger partial charge in [-0.1, -0.05) is 18.2 Å². The summed E-state index contributed by atoms with van der Waals surface area (Å²) in [6.07, 6.45) is 4.86. The molecule has 1 heteroatoms. The van der Waals surface area contributed by atoms with Crippen LogP contribution in [0.3, 0.4) is 0 Å². The zero-order chi connectivity index (χ0) is 9.26. The van der Waals surface area contributed by atoms with E-state index in [1.54, 1.807) is 0 Å². The first kappa shape index (κ1) is 8.24. The minimum atomic E-state index is 0.890. The van der Waals surface area contributed by atoms with E-state index >= 15 is 0 Å². The highest BCUT2D eigenvalue weighted by molar-refractivity contribution is 5.83. The second-order valence-corrected chi connectivity index (χ2v) is 3.48. The summed E-state index contributed by atoms with van der Waals surface area (Å²) >= 11 is 0. The molecule has 1 nitrogen and oxygen atoms in total. The van der Waals surface area contributed by atoms with Crippen LogP contribution in [-0.4, -0.2) is 6.29 Å². The lowest BCUT2D eigenvalue weighted by molar-refractivity contribution is -0.105. The van der Waals surface area contributed by atoms with Crippen molar-refractivity contribution >= 4 is 12.4 Å². The Hall–Kier alpha value is -1.37. The van der Waals surface area contributed by atoms with Crippen LogP contribution >= 0.6 is 0 Å². The van der Waals surface area contributed by atoms with Gasteiger partial charge in [0.1, 0.15) is 6.29 Å². The maximum atomic E-state index is 10.6. The van der Waals surface area contributed by atoms with Gasteiger partial charge in [0.25, 0.3) is 0 Å². The van der Waals surface area contributed by atoms with Gasteiger partial charge in [0, 0.05) is 0 Å². The number of aldehydes is 1. The van der Waals surface area contributed by atoms with Gasteiger partial charge in [-0.3, -0.25) is 4.79 Å². The predicted molar refractivity (Wildman–Crippen MR) is 53.5 cm³/mol. The maximum absolute atomic E-state index is 10.6. The molecule has 0 heterocycles. The molecule has 0 saturated carbocycles. The van der Waals surface area contributed by atoms with Gasteiger partial charge in [0.2, 0.25) is 0 Å². The molecule has 66 valence electrons. The topological polar surface area (TPSA) is 17.1 Å². The monoisotopic (exact) mass is 172 g/mol. The fourth-order valence-electron chi connectivity index (χ4n) is 1.84. The summed E-state index contributed by atoms with van der Waals surface area (Å²) in [4.78, 5) is 10.6. The smallest absolute Gasteiger partial charge is 0.146 e. The summed E-state index contributed by atoms with van der Waals surface area (Å²) in [7, 11) is 0. The van der Waals surface area contributed by atoms with Crippen molar-refractivity contribution in [2.45, 2.75) is 19.8 Å². The lowest BCUT2D eigenvalue weighted by atomic mass is 9.90. The van der Waals surface area contributed by atoms with E-state index in [1.165, 1.54) is 16.7 Å². The summed E-state index contributed by atoms with van der Waals surface area (Å²) in [5.74, 6) is 0. The van der Waals surface area contributed by atoms with Crippen molar-refractivity contribution in [3.05, 3.63) is 40.5 Å². The zero-order valence-electron chi connectivity index (χ0n) is 7.71. The molecule has 1 aromatic rings. The van der Waals surface area contributed by atoms with Crippen molar-refractivity contribution in [2.24, 2.45) is 0 Å². The van der Waals surface area contributed by atoms with Gasteiger partial charge in [-0.2, -0.15) is 0 Å². The summed E-state index contributed by atoms with van der Waals surface area (Å²) < 4.78 is 0. The van der Waals surface area contributed by atoms with Crippen LogP contribution in [0.4, 0.5) is 0 Å². The van der Waals surface area contributed by atoms with E-state index in [1.807, 2.05) is 12.1 Å². The van der Waals surface area contributed by atoms with Crippen LogP contribution < -0.4 is 0 Å². The molecule has 13 heavy (non-hydrogen) atoms. The Morgan fingerprint density at radius 3 is 2.92 bits per heavy atom. The molecule has 0 amide bonds. The average molecular weight is 172 g/mol. The summed E-state index contributed by atoms with van der Waals surface area (Å²) in [6.45, 7) is 2.12. The maximum Gasteiger partial charge on any atom is 0.146 e. The van der Waals surface area contributed by atoms with Crippen molar-refractivity contribution in [3.8, 4) is 0 Å². The lowest BCUT2D eigenvalue weighted by Gasteiger charge is -2.15. The van der Waals surface area contributed by atoms with Crippen LogP contribution in [0.15, 0.2) is 23.8 Å². The summed E-state index contributed by atoms with van der Waals surface area (Å²) in [6, 6.07) is 6.24. The molecule has 0 saturated heterocycles. The number of carbonyl (C=O) groups excluding carboxylic acids is 1. The number of aryl methyl sites for hydroxylation is 1. The first-order valence-corrected chi connectivity index (χ1v) is 4.55. The number of carbonyl (C=O) groups is 1. The number of fused-ring (bicyclic) bond motifs is 1. The highest BCUT2D eigenvalue weighted by atomic mass is 16.1. The normalized spacial score (nSPS) is 14.7. The van der Waals surface area contributed by atoms with Gasteiger partial charge >= 0.3 is 0 Å². The van der Waals surface area contributed by atoms with Crippen molar-refractivity contribution in [2.75, 3.05) is 0 Å². The molecule has 0 spiro atoms. The Bertz CT molecular complexity index is 375. The fraction of sp³-hybridized carbons (Fsp3) is 0.250. The predicted octanol–water partition coefficient (Wildman–Crippen LogP) is 2.52. The van der Waals surface area contributed by atoms with Gasteiger partial charge in [-0.05, 0) is 48.1 Å². The van der Waals surface area contributed by atoms with E-state index in [0.29, 0.717) is 0 Å². The zero-order valence-corrected chi connectivity index (χ0v) is 7.71. The Kier molecular flexibility index (Phi) is 2.01. The quantitative estimate of drug-likeness (QED) is 0.595. The van der Waals surface area contributed by atoms with E-state index in [2.05, 4.69) is 19.1 Å². The van der Waals surface area contributed by atoms with Crippen LogP contribution in [0.25, 0.3) is 6.08 Å². The van der Waals surface area contributed by atoms with E-state index in [4.69, 9.17) is 0 Å². The standard InChI is InChI=1S/C12H12O/c1-9-3-2-4-11-7-10(8-13)5-6-12(9)11/h2-4,7-8H,5-6H2,1H3. The minimum absolute atomic E-state index is 0.890. The Morgan fingerprint density at radius 2 is 2.15 bits per heavy atom. The van der Waals surface area contributed by atoms with Crippen LogP contribution in [0.2, 0.25) is 0 Å². The molecule has 0 unspecified atom stereocenters. The van der Waals surface area contributed by atoms with Crippen LogP contribution in [0.5, 0.6) is 0 Å².